The van der Waals surface area contributed by atoms with Crippen molar-refractivity contribution in [2.24, 2.45) is 11.7 Å². The Balaban J connectivity index is 2.15. The molecular weight excluding hydrogens is 370 g/mol. The summed E-state index contributed by atoms with van der Waals surface area (Å²) in [6, 6.07) is 4.47. The van der Waals surface area contributed by atoms with Gasteiger partial charge in [-0.3, -0.25) is 0 Å². The molecule has 1 heterocycles. The summed E-state index contributed by atoms with van der Waals surface area (Å²) in [5, 5.41) is 4.23. The first-order chi connectivity index (χ1) is 9.47. The van der Waals surface area contributed by atoms with Gasteiger partial charge in [0.15, 0.2) is 0 Å². The number of aromatic nitrogens is 3. The van der Waals surface area contributed by atoms with E-state index >= 15 is 0 Å². The molecule has 1 unspecified atom stereocenters. The zero-order valence-electron chi connectivity index (χ0n) is 11.6. The molecule has 1 aromatic carbocycles. The van der Waals surface area contributed by atoms with Gasteiger partial charge in [0.05, 0.1) is 0 Å². The number of hydrogen-bond acceptors (Lipinski definition) is 3. The van der Waals surface area contributed by atoms with Crippen molar-refractivity contribution < 1.29 is 4.39 Å². The fraction of sp³-hybridized carbons (Fsp3) is 0.429. The molecule has 2 rings (SSSR count). The first kappa shape index (κ1) is 15.4. The molecule has 0 aliphatic carbocycles. The summed E-state index contributed by atoms with van der Waals surface area (Å²) in [7, 11) is 0. The second kappa shape index (κ2) is 6.62. The lowest BCUT2D eigenvalue weighted by Crippen LogP contribution is -2.19. The predicted octanol–water partition coefficient (Wildman–Crippen LogP) is 2.92. The van der Waals surface area contributed by atoms with Gasteiger partial charge in [-0.2, -0.15) is 5.10 Å². The van der Waals surface area contributed by atoms with E-state index in [4.69, 9.17) is 5.73 Å². The summed E-state index contributed by atoms with van der Waals surface area (Å²) >= 11 is 2.11. The molecule has 0 aliphatic rings. The van der Waals surface area contributed by atoms with E-state index in [0.29, 0.717) is 12.3 Å². The van der Waals surface area contributed by atoms with E-state index in [2.05, 4.69) is 46.5 Å². The number of rotatable bonds is 5. The van der Waals surface area contributed by atoms with Gasteiger partial charge in [0.25, 0.3) is 0 Å². The maximum absolute atomic E-state index is 13.1. The first-order valence-corrected chi connectivity index (χ1v) is 7.62. The van der Waals surface area contributed by atoms with Gasteiger partial charge < -0.3 is 5.73 Å². The van der Waals surface area contributed by atoms with Crippen LogP contribution in [-0.2, 0) is 13.0 Å². The minimum absolute atomic E-state index is 0.211. The summed E-state index contributed by atoms with van der Waals surface area (Å²) in [4.78, 5) is 4.28. The van der Waals surface area contributed by atoms with Gasteiger partial charge in [-0.1, -0.05) is 19.9 Å². The van der Waals surface area contributed by atoms with Crippen LogP contribution in [0.3, 0.4) is 0 Å². The summed E-state index contributed by atoms with van der Waals surface area (Å²) < 4.78 is 15.9. The molecule has 0 aliphatic heterocycles. The van der Waals surface area contributed by atoms with E-state index < -0.39 is 0 Å². The first-order valence-electron chi connectivity index (χ1n) is 6.54. The van der Waals surface area contributed by atoms with E-state index in [1.165, 1.54) is 12.1 Å². The lowest BCUT2D eigenvalue weighted by molar-refractivity contribution is 0.459. The van der Waals surface area contributed by atoms with Crippen LogP contribution < -0.4 is 5.73 Å². The molecule has 2 aromatic rings. The Morgan fingerprint density at radius 2 is 2.15 bits per heavy atom. The van der Waals surface area contributed by atoms with Crippen molar-refractivity contribution in [3.63, 3.8) is 0 Å². The second-order valence-electron chi connectivity index (χ2n) is 5.23. The Hall–Kier alpha value is -1.02. The standard InChI is InChI=1S/C14H18FIN4/c1-9(2)7-20-14(18-8-19-20)6-13(17)11-4-3-10(15)5-12(11)16/h3-5,8-9,13H,6-7,17H2,1-2H3. The molecule has 0 saturated heterocycles. The fourth-order valence-electron chi connectivity index (χ4n) is 2.05. The molecule has 2 N–H and O–H groups in total. The zero-order chi connectivity index (χ0) is 14.7. The SMILES string of the molecule is CC(C)Cn1ncnc1CC(N)c1ccc(F)cc1I. The van der Waals surface area contributed by atoms with Crippen molar-refractivity contribution >= 4 is 22.6 Å². The Labute approximate surface area is 131 Å². The van der Waals surface area contributed by atoms with Gasteiger partial charge in [-0.05, 0) is 46.2 Å². The Morgan fingerprint density at radius 1 is 1.40 bits per heavy atom. The van der Waals surface area contributed by atoms with Crippen LogP contribution in [0.2, 0.25) is 0 Å². The van der Waals surface area contributed by atoms with Crippen molar-refractivity contribution in [3.05, 3.63) is 45.3 Å². The van der Waals surface area contributed by atoms with Crippen LogP contribution in [0, 0.1) is 15.3 Å². The smallest absolute Gasteiger partial charge is 0.138 e. The summed E-state index contributed by atoms with van der Waals surface area (Å²) in [6.45, 7) is 5.09. The molecule has 1 atom stereocenters. The molecular formula is C14H18FIN4. The average Bonchev–Trinajstić information content (AvgIpc) is 2.75. The molecule has 0 fully saturated rings. The van der Waals surface area contributed by atoms with Crippen LogP contribution in [0.4, 0.5) is 4.39 Å². The van der Waals surface area contributed by atoms with E-state index in [1.807, 2.05) is 4.68 Å². The predicted molar refractivity (Wildman–Crippen MR) is 84.6 cm³/mol. The molecule has 6 heteroatoms. The van der Waals surface area contributed by atoms with Crippen LogP contribution in [0.1, 0.15) is 31.3 Å². The van der Waals surface area contributed by atoms with Crippen LogP contribution >= 0.6 is 22.6 Å². The second-order valence-corrected chi connectivity index (χ2v) is 6.39. The van der Waals surface area contributed by atoms with Crippen molar-refractivity contribution in [2.75, 3.05) is 0 Å². The third-order valence-electron chi connectivity index (χ3n) is 3.00. The van der Waals surface area contributed by atoms with Crippen LogP contribution in [-0.4, -0.2) is 14.8 Å². The van der Waals surface area contributed by atoms with Crippen LogP contribution in [0.25, 0.3) is 0 Å². The number of nitrogens with zero attached hydrogens (tertiary/aromatic N) is 3. The Bertz CT molecular complexity index is 582. The molecule has 0 saturated carbocycles. The minimum Gasteiger partial charge on any atom is -0.324 e. The molecule has 0 radical (unpaired) electrons. The van der Waals surface area contributed by atoms with Crippen molar-refractivity contribution in [3.8, 4) is 0 Å². The fourth-order valence-corrected chi connectivity index (χ4v) is 2.93. The number of benzene rings is 1. The van der Waals surface area contributed by atoms with Crippen LogP contribution in [0.5, 0.6) is 0 Å². The van der Waals surface area contributed by atoms with E-state index in [1.54, 1.807) is 12.4 Å². The molecule has 1 aromatic heterocycles. The summed E-state index contributed by atoms with van der Waals surface area (Å²) in [6.07, 6.45) is 2.15. The molecule has 0 amide bonds. The van der Waals surface area contributed by atoms with Gasteiger partial charge in [0.2, 0.25) is 0 Å². The largest absolute Gasteiger partial charge is 0.324 e. The molecule has 0 bridgehead atoms. The highest BCUT2D eigenvalue weighted by molar-refractivity contribution is 14.1. The van der Waals surface area contributed by atoms with Crippen molar-refractivity contribution in [2.45, 2.75) is 32.9 Å². The molecule has 20 heavy (non-hydrogen) atoms. The zero-order valence-corrected chi connectivity index (χ0v) is 13.7. The van der Waals surface area contributed by atoms with Gasteiger partial charge in [-0.15, -0.1) is 0 Å². The summed E-state index contributed by atoms with van der Waals surface area (Å²) in [5.41, 5.74) is 7.16. The van der Waals surface area contributed by atoms with Gasteiger partial charge in [0.1, 0.15) is 18.0 Å². The van der Waals surface area contributed by atoms with Gasteiger partial charge >= 0.3 is 0 Å². The summed E-state index contributed by atoms with van der Waals surface area (Å²) in [5.74, 6) is 1.12. The Kier molecular flexibility index (Phi) is 5.09. The highest BCUT2D eigenvalue weighted by Crippen LogP contribution is 2.22. The average molecular weight is 388 g/mol. The third-order valence-corrected chi connectivity index (χ3v) is 3.93. The highest BCUT2D eigenvalue weighted by atomic mass is 127. The maximum Gasteiger partial charge on any atom is 0.138 e. The lowest BCUT2D eigenvalue weighted by atomic mass is 10.0. The monoisotopic (exact) mass is 388 g/mol. The minimum atomic E-state index is -0.242. The van der Waals surface area contributed by atoms with Crippen molar-refractivity contribution in [1.29, 1.82) is 0 Å². The van der Waals surface area contributed by atoms with Gasteiger partial charge in [-0.25, -0.2) is 14.1 Å². The normalized spacial score (nSPS) is 12.9. The maximum atomic E-state index is 13.1. The molecule has 0 spiro atoms. The molecule has 108 valence electrons. The van der Waals surface area contributed by atoms with E-state index in [-0.39, 0.29) is 11.9 Å². The lowest BCUT2D eigenvalue weighted by Gasteiger charge is -2.15. The quantitative estimate of drug-likeness (QED) is 0.802. The van der Waals surface area contributed by atoms with E-state index in [9.17, 15) is 4.39 Å². The highest BCUT2D eigenvalue weighted by Gasteiger charge is 2.15. The van der Waals surface area contributed by atoms with Crippen LogP contribution in [0.15, 0.2) is 24.5 Å². The Morgan fingerprint density at radius 3 is 2.80 bits per heavy atom. The topological polar surface area (TPSA) is 56.7 Å². The number of halogens is 2. The van der Waals surface area contributed by atoms with Crippen molar-refractivity contribution in [1.82, 2.24) is 14.8 Å². The number of nitrogens with two attached hydrogens (primary N) is 1. The number of hydrogen-bond donors (Lipinski definition) is 1. The van der Waals surface area contributed by atoms with E-state index in [0.717, 1.165) is 21.5 Å². The van der Waals surface area contributed by atoms with Gasteiger partial charge in [0, 0.05) is 22.6 Å². The molecule has 4 nitrogen and oxygen atoms in total. The third kappa shape index (κ3) is 3.76.